The van der Waals surface area contributed by atoms with Crippen molar-refractivity contribution >= 4 is 5.78 Å². The Balaban J connectivity index is 1.81. The van der Waals surface area contributed by atoms with Gasteiger partial charge < -0.3 is 20.2 Å². The molecule has 0 radical (unpaired) electrons. The maximum atomic E-state index is 13.4. The molecule has 3 atom stereocenters. The van der Waals surface area contributed by atoms with Gasteiger partial charge in [0.1, 0.15) is 17.1 Å². The number of carbonyl (C=O) groups excluding carboxylic acids is 1. The number of nitrogens with one attached hydrogen (secondary N) is 1. The zero-order chi connectivity index (χ0) is 20.6. The Bertz CT molecular complexity index is 912. The van der Waals surface area contributed by atoms with Crippen LogP contribution in [0.4, 0.5) is 0 Å². The van der Waals surface area contributed by atoms with Crippen molar-refractivity contribution in [1.29, 1.82) is 0 Å². The summed E-state index contributed by atoms with van der Waals surface area (Å²) in [6.45, 7) is 2.27. The van der Waals surface area contributed by atoms with E-state index in [1.807, 2.05) is 25.1 Å². The van der Waals surface area contributed by atoms with Gasteiger partial charge in [-0.1, -0.05) is 18.2 Å². The van der Waals surface area contributed by atoms with E-state index in [0.29, 0.717) is 38.7 Å². The topological polar surface area (TPSA) is 99.0 Å². The zero-order valence-corrected chi connectivity index (χ0v) is 16.5. The van der Waals surface area contributed by atoms with Gasteiger partial charge in [0.25, 0.3) is 0 Å². The lowest BCUT2D eigenvalue weighted by Gasteiger charge is -2.55. The molecule has 29 heavy (non-hydrogen) atoms. The number of aliphatic hydroxyl groups is 1. The Kier molecular flexibility index (Phi) is 5.11. The first kappa shape index (κ1) is 19.9. The van der Waals surface area contributed by atoms with Crippen LogP contribution in [0.2, 0.25) is 0 Å². The molecule has 2 aliphatic rings. The monoisotopic (exact) mass is 397 g/mol. The van der Waals surface area contributed by atoms with Crippen LogP contribution >= 0.6 is 0 Å². The van der Waals surface area contributed by atoms with Crippen molar-refractivity contribution in [3.8, 4) is 11.5 Å². The third kappa shape index (κ3) is 3.21. The van der Waals surface area contributed by atoms with E-state index in [1.165, 1.54) is 0 Å². The van der Waals surface area contributed by atoms with Gasteiger partial charge in [0.15, 0.2) is 5.78 Å². The van der Waals surface area contributed by atoms with Gasteiger partial charge in [0.05, 0.1) is 12.6 Å². The van der Waals surface area contributed by atoms with Gasteiger partial charge in [-0.25, -0.2) is 0 Å². The second-order valence-electron chi connectivity index (χ2n) is 8.13. The van der Waals surface area contributed by atoms with Crippen LogP contribution in [0.1, 0.15) is 42.9 Å². The van der Waals surface area contributed by atoms with Gasteiger partial charge in [0.2, 0.25) is 0 Å². The van der Waals surface area contributed by atoms with E-state index in [4.69, 9.17) is 4.84 Å². The number of phenols is 2. The molecular weight excluding hydrogens is 370 g/mol. The van der Waals surface area contributed by atoms with Crippen LogP contribution in [0, 0.1) is 0 Å². The van der Waals surface area contributed by atoms with E-state index in [1.54, 1.807) is 24.3 Å². The standard InChI is InChI=1S/C23H27NO5/c1-2-29-24-20-10-11-22(14-15-3-5-17(25)6-4-15)19-8-7-18(26)13-16(19)9-12-23(22,28)21(20)27/h3-8,13,20,24-26,28H,2,9-12,14H2,1H3. The number of hydroxylamine groups is 1. The predicted octanol–water partition coefficient (Wildman–Crippen LogP) is 2.53. The van der Waals surface area contributed by atoms with Gasteiger partial charge >= 0.3 is 0 Å². The fourth-order valence-corrected chi connectivity index (χ4v) is 5.13. The largest absolute Gasteiger partial charge is 0.508 e. The zero-order valence-electron chi connectivity index (χ0n) is 16.5. The molecule has 4 N–H and O–H groups in total. The SMILES string of the molecule is CCONC1CCC2(Cc3ccc(O)cc3)c3ccc(O)cc3CCC2(O)C1=O. The number of fused-ring (bicyclic) bond motifs is 3. The number of phenolic OH excluding ortho intramolecular Hbond substituents is 2. The van der Waals surface area contributed by atoms with Crippen molar-refractivity contribution in [3.63, 3.8) is 0 Å². The molecule has 4 rings (SSSR count). The molecular formula is C23H27NO5. The van der Waals surface area contributed by atoms with Crippen LogP contribution in [0.5, 0.6) is 11.5 Å². The Morgan fingerprint density at radius 3 is 2.55 bits per heavy atom. The lowest BCUT2D eigenvalue weighted by molar-refractivity contribution is -0.163. The van der Waals surface area contributed by atoms with Gasteiger partial charge in [-0.3, -0.25) is 4.79 Å². The second-order valence-corrected chi connectivity index (χ2v) is 8.13. The molecule has 3 unspecified atom stereocenters. The molecule has 6 heteroatoms. The molecule has 154 valence electrons. The molecule has 2 aromatic carbocycles. The van der Waals surface area contributed by atoms with Gasteiger partial charge in [-0.2, -0.15) is 5.48 Å². The average molecular weight is 397 g/mol. The molecule has 2 aliphatic carbocycles. The van der Waals surface area contributed by atoms with Crippen LogP contribution in [0.3, 0.4) is 0 Å². The van der Waals surface area contributed by atoms with Crippen molar-refractivity contribution in [2.24, 2.45) is 0 Å². The molecule has 0 amide bonds. The summed E-state index contributed by atoms with van der Waals surface area (Å²) in [6.07, 6.45) is 2.42. The molecule has 1 saturated carbocycles. The van der Waals surface area contributed by atoms with E-state index in [0.717, 1.165) is 16.7 Å². The predicted molar refractivity (Wildman–Crippen MR) is 108 cm³/mol. The van der Waals surface area contributed by atoms with Crippen LogP contribution in [-0.4, -0.2) is 39.4 Å². The first-order valence-corrected chi connectivity index (χ1v) is 10.1. The Hall–Kier alpha value is -2.41. The number of rotatable bonds is 5. The fraction of sp³-hybridized carbons (Fsp3) is 0.435. The molecule has 6 nitrogen and oxygen atoms in total. The lowest BCUT2D eigenvalue weighted by Crippen LogP contribution is -2.68. The number of ketones is 1. The number of Topliss-reactive ketones (excluding diaryl/α,β-unsaturated/α-hetero) is 1. The molecule has 0 heterocycles. The summed E-state index contributed by atoms with van der Waals surface area (Å²) in [5.74, 6) is 0.123. The highest BCUT2D eigenvalue weighted by Gasteiger charge is 2.62. The van der Waals surface area contributed by atoms with Crippen LogP contribution in [0.25, 0.3) is 0 Å². The number of carbonyl (C=O) groups is 1. The number of hydrogen-bond acceptors (Lipinski definition) is 6. The summed E-state index contributed by atoms with van der Waals surface area (Å²) in [7, 11) is 0. The minimum absolute atomic E-state index is 0.177. The highest BCUT2D eigenvalue weighted by atomic mass is 16.6. The minimum Gasteiger partial charge on any atom is -0.508 e. The van der Waals surface area contributed by atoms with E-state index in [2.05, 4.69) is 5.48 Å². The van der Waals surface area contributed by atoms with Gasteiger partial charge in [-0.05, 0) is 80.0 Å². The van der Waals surface area contributed by atoms with E-state index in [-0.39, 0.29) is 17.3 Å². The summed E-state index contributed by atoms with van der Waals surface area (Å²) < 4.78 is 0. The maximum absolute atomic E-state index is 13.4. The molecule has 0 aromatic heterocycles. The summed E-state index contributed by atoms with van der Waals surface area (Å²) in [6, 6.07) is 11.6. The summed E-state index contributed by atoms with van der Waals surface area (Å²) in [5.41, 5.74) is 3.30. The van der Waals surface area contributed by atoms with Crippen molar-refractivity contribution in [2.45, 2.75) is 56.1 Å². The minimum atomic E-state index is -1.54. The van der Waals surface area contributed by atoms with Gasteiger partial charge in [0, 0.05) is 5.41 Å². The second kappa shape index (κ2) is 7.44. The van der Waals surface area contributed by atoms with Crippen molar-refractivity contribution in [3.05, 3.63) is 59.2 Å². The Morgan fingerprint density at radius 1 is 1.10 bits per heavy atom. The van der Waals surface area contributed by atoms with Crippen LogP contribution < -0.4 is 5.48 Å². The van der Waals surface area contributed by atoms with E-state index >= 15 is 0 Å². The normalized spacial score (nSPS) is 28.6. The third-order valence-electron chi connectivity index (χ3n) is 6.55. The summed E-state index contributed by atoms with van der Waals surface area (Å²) in [4.78, 5) is 18.7. The van der Waals surface area contributed by atoms with Crippen molar-refractivity contribution in [2.75, 3.05) is 6.61 Å². The summed E-state index contributed by atoms with van der Waals surface area (Å²) in [5, 5.41) is 31.5. The molecule has 0 aliphatic heterocycles. The van der Waals surface area contributed by atoms with Gasteiger partial charge in [-0.15, -0.1) is 0 Å². The Morgan fingerprint density at radius 2 is 1.83 bits per heavy atom. The molecule has 1 fully saturated rings. The van der Waals surface area contributed by atoms with Crippen molar-refractivity contribution in [1.82, 2.24) is 5.48 Å². The molecule has 0 saturated heterocycles. The van der Waals surface area contributed by atoms with Crippen LogP contribution in [-0.2, 0) is 27.9 Å². The Labute approximate surface area is 170 Å². The number of benzene rings is 2. The maximum Gasteiger partial charge on any atom is 0.184 e. The van der Waals surface area contributed by atoms with E-state index in [9.17, 15) is 20.1 Å². The highest BCUT2D eigenvalue weighted by molar-refractivity contribution is 5.95. The highest BCUT2D eigenvalue weighted by Crippen LogP contribution is 2.53. The first-order valence-electron chi connectivity index (χ1n) is 10.1. The first-order chi connectivity index (χ1) is 13.9. The third-order valence-corrected chi connectivity index (χ3v) is 6.55. The summed E-state index contributed by atoms with van der Waals surface area (Å²) >= 11 is 0. The quantitative estimate of drug-likeness (QED) is 0.579. The number of hydrogen-bond donors (Lipinski definition) is 4. The number of aromatic hydroxyl groups is 2. The lowest BCUT2D eigenvalue weighted by atomic mass is 9.51. The average Bonchev–Trinajstić information content (AvgIpc) is 2.71. The van der Waals surface area contributed by atoms with Crippen LogP contribution in [0.15, 0.2) is 42.5 Å². The van der Waals surface area contributed by atoms with Crippen molar-refractivity contribution < 1.29 is 25.0 Å². The molecule has 0 bridgehead atoms. The fourth-order valence-electron chi connectivity index (χ4n) is 5.13. The smallest absolute Gasteiger partial charge is 0.184 e. The van der Waals surface area contributed by atoms with E-state index < -0.39 is 17.1 Å². The molecule has 2 aromatic rings. The molecule has 0 spiro atoms. The number of aryl methyl sites for hydroxylation is 1.